The van der Waals surface area contributed by atoms with E-state index in [9.17, 15) is 0 Å². The van der Waals surface area contributed by atoms with E-state index in [-0.39, 0.29) is 51.0 Å². The second kappa shape index (κ2) is 11.8. The molecular formula is C22H22Cl2Zr. The molecule has 25 heavy (non-hydrogen) atoms. The number of aryl methyl sites for hydroxylation is 2. The second-order valence-electron chi connectivity index (χ2n) is 5.71. The van der Waals surface area contributed by atoms with E-state index in [1.54, 1.807) is 0 Å². The minimum absolute atomic E-state index is 0. The van der Waals surface area contributed by atoms with Crippen LogP contribution < -0.4 is 24.8 Å². The molecule has 3 heteroatoms. The first-order chi connectivity index (χ1) is 10.8. The Labute approximate surface area is 183 Å². The summed E-state index contributed by atoms with van der Waals surface area (Å²) in [4.78, 5) is 0. The van der Waals surface area contributed by atoms with Gasteiger partial charge in [-0.1, -0.05) is 44.0 Å². The second-order valence-corrected chi connectivity index (χ2v) is 5.71. The van der Waals surface area contributed by atoms with E-state index in [0.717, 1.165) is 19.3 Å². The van der Waals surface area contributed by atoms with Crippen LogP contribution in [-0.4, -0.2) is 0 Å². The topological polar surface area (TPSA) is 0 Å². The van der Waals surface area contributed by atoms with Crippen molar-refractivity contribution in [2.45, 2.75) is 33.1 Å². The van der Waals surface area contributed by atoms with Crippen molar-refractivity contribution in [3.05, 3.63) is 89.0 Å². The molecule has 4 rings (SSSR count). The van der Waals surface area contributed by atoms with E-state index in [2.05, 4.69) is 50.2 Å². The summed E-state index contributed by atoms with van der Waals surface area (Å²) in [5.41, 5.74) is 8.42. The summed E-state index contributed by atoms with van der Waals surface area (Å²) in [5.74, 6) is 0. The summed E-state index contributed by atoms with van der Waals surface area (Å²) in [7, 11) is 0. The largest absolute Gasteiger partial charge is 4.00 e. The van der Waals surface area contributed by atoms with Crippen molar-refractivity contribution in [1.29, 1.82) is 0 Å². The van der Waals surface area contributed by atoms with Crippen LogP contribution in [-0.2, 0) is 45.5 Å². The van der Waals surface area contributed by atoms with Crippen molar-refractivity contribution >= 4 is 0 Å². The monoisotopic (exact) mass is 446 g/mol. The van der Waals surface area contributed by atoms with Gasteiger partial charge in [-0.05, 0) is 24.0 Å². The van der Waals surface area contributed by atoms with Crippen LogP contribution in [0.5, 0.6) is 0 Å². The molecule has 0 fully saturated rings. The smallest absolute Gasteiger partial charge is 1.00 e. The Hall–Kier alpha value is -0.747. The maximum Gasteiger partial charge on any atom is 4.00 e. The minimum atomic E-state index is 0. The fourth-order valence-electron chi connectivity index (χ4n) is 2.97. The fraction of sp³-hybridized carbons (Fsp3) is 0.227. The average Bonchev–Trinajstić information content (AvgIpc) is 3.24. The predicted molar refractivity (Wildman–Crippen MR) is 94.3 cm³/mol. The average molecular weight is 449 g/mol. The predicted octanol–water partition coefficient (Wildman–Crippen LogP) is -0.406. The van der Waals surface area contributed by atoms with E-state index >= 15 is 0 Å². The quantitative estimate of drug-likeness (QED) is 0.366. The molecule has 0 heterocycles. The van der Waals surface area contributed by atoms with Gasteiger partial charge in [0.05, 0.1) is 0 Å². The number of rotatable bonds is 2. The van der Waals surface area contributed by atoms with E-state index in [4.69, 9.17) is 0 Å². The van der Waals surface area contributed by atoms with Crippen molar-refractivity contribution in [1.82, 2.24) is 0 Å². The van der Waals surface area contributed by atoms with Crippen LogP contribution >= 0.6 is 0 Å². The molecule has 0 saturated carbocycles. The normalized spacial score (nSPS) is 10.0. The van der Waals surface area contributed by atoms with E-state index < -0.39 is 0 Å². The zero-order valence-corrected chi connectivity index (χ0v) is 18.6. The van der Waals surface area contributed by atoms with Gasteiger partial charge in [0.15, 0.2) is 0 Å². The van der Waals surface area contributed by atoms with Gasteiger partial charge in [0, 0.05) is 0 Å². The SMILES string of the molecule is CCc1[c-]c2c(cc1)-c1ccc(CC)cc1C2.[Cl-].[Cl-].[Zr+4].c1cc[cH-]c1. The molecule has 0 nitrogen and oxygen atoms in total. The Balaban J connectivity index is 0.000000630. The Morgan fingerprint density at radius 2 is 1.60 bits per heavy atom. The summed E-state index contributed by atoms with van der Waals surface area (Å²) in [6, 6.07) is 24.9. The first-order valence-corrected chi connectivity index (χ1v) is 8.14. The molecule has 0 radical (unpaired) electrons. The molecule has 3 aromatic rings. The Kier molecular flexibility index (Phi) is 11.4. The maximum atomic E-state index is 3.56. The van der Waals surface area contributed by atoms with Crippen LogP contribution in [0.1, 0.15) is 36.1 Å². The molecule has 0 aromatic heterocycles. The van der Waals surface area contributed by atoms with Gasteiger partial charge in [0.2, 0.25) is 0 Å². The summed E-state index contributed by atoms with van der Waals surface area (Å²) < 4.78 is 0. The molecule has 0 aliphatic heterocycles. The van der Waals surface area contributed by atoms with E-state index in [0.29, 0.717) is 0 Å². The third-order valence-electron chi connectivity index (χ3n) is 4.26. The van der Waals surface area contributed by atoms with Crippen molar-refractivity contribution in [2.75, 3.05) is 0 Å². The Morgan fingerprint density at radius 3 is 2.16 bits per heavy atom. The van der Waals surface area contributed by atoms with Gasteiger partial charge < -0.3 is 24.8 Å². The Morgan fingerprint density at radius 1 is 0.920 bits per heavy atom. The number of hydrogen-bond acceptors (Lipinski definition) is 0. The van der Waals surface area contributed by atoms with E-state index in [1.807, 2.05) is 30.3 Å². The zero-order valence-electron chi connectivity index (χ0n) is 14.7. The first-order valence-electron chi connectivity index (χ1n) is 8.14. The third kappa shape index (κ3) is 5.88. The van der Waals surface area contributed by atoms with Gasteiger partial charge in [-0.25, -0.2) is 12.1 Å². The summed E-state index contributed by atoms with van der Waals surface area (Å²) in [6.45, 7) is 4.40. The van der Waals surface area contributed by atoms with Gasteiger partial charge in [-0.2, -0.15) is 42.0 Å². The van der Waals surface area contributed by atoms with Gasteiger partial charge in [0.1, 0.15) is 0 Å². The number of fused-ring (bicyclic) bond motifs is 3. The van der Waals surface area contributed by atoms with Crippen LogP contribution in [0.25, 0.3) is 11.1 Å². The van der Waals surface area contributed by atoms with Crippen molar-refractivity contribution < 1.29 is 51.0 Å². The summed E-state index contributed by atoms with van der Waals surface area (Å²) >= 11 is 0. The molecular weight excluding hydrogens is 426 g/mol. The molecule has 0 atom stereocenters. The first kappa shape index (κ1) is 24.3. The van der Waals surface area contributed by atoms with Crippen LogP contribution in [0.2, 0.25) is 0 Å². The standard InChI is InChI=1S/C17H17.C5H5.2ClH.Zr/c1-3-12-5-7-16-14(9-12)11-15-10-13(4-2)6-8-17(15)16;1-2-4-5-3-1;;;/h5-9H,3-4,11H2,1-2H3;1-5H;2*1H;/q2*-1;;;+4/p-2. The molecule has 1 aliphatic carbocycles. The number of hydrogen-bond donors (Lipinski definition) is 0. The molecule has 3 aromatic carbocycles. The summed E-state index contributed by atoms with van der Waals surface area (Å²) in [5, 5.41) is 0. The zero-order chi connectivity index (χ0) is 15.4. The van der Waals surface area contributed by atoms with Crippen molar-refractivity contribution in [3.8, 4) is 11.1 Å². The molecule has 0 N–H and O–H groups in total. The molecule has 128 valence electrons. The van der Waals surface area contributed by atoms with Crippen LogP contribution in [0.3, 0.4) is 0 Å². The van der Waals surface area contributed by atoms with Gasteiger partial charge in [-0.3, -0.25) is 0 Å². The molecule has 0 unspecified atom stereocenters. The van der Waals surface area contributed by atoms with Crippen LogP contribution in [0.15, 0.2) is 60.7 Å². The minimum Gasteiger partial charge on any atom is -1.00 e. The van der Waals surface area contributed by atoms with E-state index in [1.165, 1.54) is 33.4 Å². The van der Waals surface area contributed by atoms with Gasteiger partial charge >= 0.3 is 26.2 Å². The molecule has 0 saturated heterocycles. The van der Waals surface area contributed by atoms with Crippen LogP contribution in [0.4, 0.5) is 0 Å². The molecule has 1 aliphatic rings. The fourth-order valence-corrected chi connectivity index (χ4v) is 2.97. The van der Waals surface area contributed by atoms with Gasteiger partial charge in [-0.15, -0.1) is 11.1 Å². The molecule has 0 spiro atoms. The maximum absolute atomic E-state index is 3.56. The Bertz CT molecular complexity index is 680. The van der Waals surface area contributed by atoms with Gasteiger partial charge in [0.25, 0.3) is 0 Å². The number of halogens is 2. The van der Waals surface area contributed by atoms with Crippen LogP contribution in [0, 0.1) is 6.07 Å². The number of benzene rings is 2. The van der Waals surface area contributed by atoms with Crippen molar-refractivity contribution in [3.63, 3.8) is 0 Å². The summed E-state index contributed by atoms with van der Waals surface area (Å²) in [6.07, 6.45) is 3.25. The van der Waals surface area contributed by atoms with Crippen molar-refractivity contribution in [2.24, 2.45) is 0 Å². The molecule has 0 bridgehead atoms. The third-order valence-corrected chi connectivity index (χ3v) is 4.26. The molecule has 0 amide bonds.